The van der Waals surface area contributed by atoms with Crippen molar-refractivity contribution in [1.82, 2.24) is 29.1 Å². The minimum atomic E-state index is -4.34. The maximum absolute atomic E-state index is 14.4. The van der Waals surface area contributed by atoms with E-state index in [-0.39, 0.29) is 30.5 Å². The Labute approximate surface area is 276 Å². The molecule has 240 valence electrons. The Morgan fingerprint density at radius 3 is 2.41 bits per heavy atom. The van der Waals surface area contributed by atoms with E-state index in [2.05, 4.69) is 20.3 Å². The Morgan fingerprint density at radius 2 is 1.76 bits per heavy atom. The molecule has 0 saturated carbocycles. The molecule has 1 saturated heterocycles. The molecule has 2 aliphatic rings. The topological polar surface area (TPSA) is 151 Å². The van der Waals surface area contributed by atoms with Crippen LogP contribution in [0.2, 0.25) is 10.0 Å². The molecule has 0 radical (unpaired) electrons. The highest BCUT2D eigenvalue weighted by Gasteiger charge is 2.53. The zero-order chi connectivity index (χ0) is 32.8. The second-order valence-corrected chi connectivity index (χ2v) is 14.4. The van der Waals surface area contributed by atoms with E-state index in [1.165, 1.54) is 35.0 Å². The number of rotatable bonds is 9. The molecule has 0 spiro atoms. The first-order valence-electron chi connectivity index (χ1n) is 14.6. The van der Waals surface area contributed by atoms with Gasteiger partial charge in [-0.25, -0.2) is 28.3 Å². The first-order valence-corrected chi connectivity index (χ1v) is 16.8. The fraction of sp³-hybridized carbons (Fsp3) is 0.323. The maximum Gasteiger partial charge on any atom is 0.261 e. The molecule has 1 fully saturated rings. The average Bonchev–Trinajstić information content (AvgIpc) is 3.74. The van der Waals surface area contributed by atoms with E-state index in [0.29, 0.717) is 28.6 Å². The molecule has 0 unspecified atom stereocenters. The number of nitrogens with zero attached hydrogens (tertiary/aromatic N) is 6. The first kappa shape index (κ1) is 32.1. The molecule has 2 aliphatic heterocycles. The van der Waals surface area contributed by atoms with Crippen molar-refractivity contribution in [3.63, 3.8) is 0 Å². The number of carbonyl (C=O) groups excluding carboxylic acids is 2. The van der Waals surface area contributed by atoms with Crippen molar-refractivity contribution >= 4 is 56.7 Å². The Bertz CT molecular complexity index is 1880. The smallest absolute Gasteiger partial charge is 0.261 e. The minimum absolute atomic E-state index is 0.00881. The van der Waals surface area contributed by atoms with Crippen LogP contribution in [0.4, 0.5) is 11.6 Å². The number of benzene rings is 2. The second kappa shape index (κ2) is 12.4. The van der Waals surface area contributed by atoms with Crippen LogP contribution in [0.3, 0.4) is 0 Å². The highest BCUT2D eigenvalue weighted by atomic mass is 35.5. The standard InChI is InChI=1S/C31H31Cl2N7O5S/c1-19(41)14-36-28(42)26-4-3-9-38(26)46(44,45)27-17-37-30-39(25-11-23(32)10-24(33)12-25)29(43)31(2,40(27)30)13-20-5-7-21(8-6-20)22-15-34-18-35-16-22/h5-8,10-12,15-19,26,41H,3-4,9,13-14H2,1-2H3,(H,36,42)/t19-,26+,31-/m1/s1. The summed E-state index contributed by atoms with van der Waals surface area (Å²) in [5.74, 6) is -0.851. The van der Waals surface area contributed by atoms with Crippen molar-refractivity contribution in [2.45, 2.75) is 55.8 Å². The predicted molar refractivity (Wildman–Crippen MR) is 172 cm³/mol. The molecule has 4 aromatic rings. The maximum atomic E-state index is 14.4. The summed E-state index contributed by atoms with van der Waals surface area (Å²) in [6, 6.07) is 11.2. The zero-order valence-electron chi connectivity index (χ0n) is 25.0. The summed E-state index contributed by atoms with van der Waals surface area (Å²) in [5, 5.41) is 12.6. The number of carbonyl (C=O) groups is 2. The number of halogens is 2. The molecule has 0 aliphatic carbocycles. The number of sulfonamides is 1. The van der Waals surface area contributed by atoms with Gasteiger partial charge in [0.25, 0.3) is 15.9 Å². The number of nitrogens with one attached hydrogen (secondary N) is 1. The number of anilines is 2. The van der Waals surface area contributed by atoms with Crippen molar-refractivity contribution in [1.29, 1.82) is 0 Å². The molecule has 0 bridgehead atoms. The summed E-state index contributed by atoms with van der Waals surface area (Å²) < 4.78 is 31.3. The number of imidazole rings is 1. The van der Waals surface area contributed by atoms with Gasteiger partial charge in [0.15, 0.2) is 5.03 Å². The Kier molecular flexibility index (Phi) is 8.63. The summed E-state index contributed by atoms with van der Waals surface area (Å²) in [7, 11) is -4.34. The number of aliphatic hydroxyl groups is 1. The van der Waals surface area contributed by atoms with E-state index in [1.54, 1.807) is 31.5 Å². The Morgan fingerprint density at radius 1 is 1.09 bits per heavy atom. The fourth-order valence-electron chi connectivity index (χ4n) is 6.05. The van der Waals surface area contributed by atoms with Gasteiger partial charge in [-0.15, -0.1) is 0 Å². The molecular formula is C31H31Cl2N7O5S. The van der Waals surface area contributed by atoms with Crippen LogP contribution in [-0.2, 0) is 31.6 Å². The van der Waals surface area contributed by atoms with Gasteiger partial charge in [-0.05, 0) is 56.0 Å². The lowest BCUT2D eigenvalue weighted by Gasteiger charge is -2.29. The molecule has 46 heavy (non-hydrogen) atoms. The van der Waals surface area contributed by atoms with E-state index in [9.17, 15) is 23.1 Å². The first-order chi connectivity index (χ1) is 21.9. The molecule has 2 aromatic heterocycles. The van der Waals surface area contributed by atoms with Gasteiger partial charge in [0.2, 0.25) is 11.9 Å². The monoisotopic (exact) mass is 683 g/mol. The minimum Gasteiger partial charge on any atom is -0.392 e. The molecule has 15 heteroatoms. The summed E-state index contributed by atoms with van der Waals surface area (Å²) in [5.41, 5.74) is 1.34. The summed E-state index contributed by atoms with van der Waals surface area (Å²) in [6.07, 6.45) is 6.17. The van der Waals surface area contributed by atoms with Gasteiger partial charge in [-0.2, -0.15) is 4.31 Å². The third kappa shape index (κ3) is 5.77. The van der Waals surface area contributed by atoms with Gasteiger partial charge in [-0.3, -0.25) is 14.2 Å². The van der Waals surface area contributed by atoms with Gasteiger partial charge in [0.1, 0.15) is 17.9 Å². The third-order valence-corrected chi connectivity index (χ3v) is 10.5. The summed E-state index contributed by atoms with van der Waals surface area (Å²) in [6.45, 7) is 3.30. The van der Waals surface area contributed by atoms with Crippen LogP contribution >= 0.6 is 23.2 Å². The van der Waals surface area contributed by atoms with Crippen molar-refractivity contribution in [3.05, 3.63) is 83.0 Å². The van der Waals surface area contributed by atoms with Crippen molar-refractivity contribution < 1.29 is 23.1 Å². The van der Waals surface area contributed by atoms with E-state index in [0.717, 1.165) is 21.0 Å². The number of aromatic nitrogens is 4. The zero-order valence-corrected chi connectivity index (χ0v) is 27.3. The number of hydrogen-bond donors (Lipinski definition) is 2. The highest BCUT2D eigenvalue weighted by Crippen LogP contribution is 2.45. The Balaban J connectivity index is 1.43. The summed E-state index contributed by atoms with van der Waals surface area (Å²) >= 11 is 12.6. The third-order valence-electron chi connectivity index (χ3n) is 8.22. The van der Waals surface area contributed by atoms with Crippen molar-refractivity contribution in [3.8, 4) is 11.1 Å². The largest absolute Gasteiger partial charge is 0.392 e. The van der Waals surface area contributed by atoms with Crippen LogP contribution in [0, 0.1) is 0 Å². The van der Waals surface area contributed by atoms with Crippen LogP contribution in [0.25, 0.3) is 11.1 Å². The van der Waals surface area contributed by atoms with E-state index >= 15 is 0 Å². The molecule has 2 aromatic carbocycles. The number of amides is 2. The van der Waals surface area contributed by atoms with Crippen molar-refractivity contribution in [2.24, 2.45) is 0 Å². The highest BCUT2D eigenvalue weighted by molar-refractivity contribution is 7.89. The van der Waals surface area contributed by atoms with Crippen molar-refractivity contribution in [2.75, 3.05) is 18.0 Å². The lowest BCUT2D eigenvalue weighted by Crippen LogP contribution is -2.48. The van der Waals surface area contributed by atoms with Crippen LogP contribution in [0.5, 0.6) is 0 Å². The lowest BCUT2D eigenvalue weighted by atomic mass is 9.91. The van der Waals surface area contributed by atoms with E-state index in [1.807, 2.05) is 24.3 Å². The number of hydrogen-bond acceptors (Lipinski definition) is 8. The number of fused-ring (bicyclic) bond motifs is 1. The lowest BCUT2D eigenvalue weighted by molar-refractivity contribution is -0.125. The van der Waals surface area contributed by atoms with Crippen LogP contribution < -0.4 is 10.2 Å². The van der Waals surface area contributed by atoms with Gasteiger partial charge in [0, 0.05) is 47.5 Å². The summed E-state index contributed by atoms with van der Waals surface area (Å²) in [4.78, 5) is 41.4. The molecule has 4 heterocycles. The van der Waals surface area contributed by atoms with Crippen LogP contribution in [0.15, 0.2) is 72.4 Å². The van der Waals surface area contributed by atoms with E-state index < -0.39 is 39.5 Å². The van der Waals surface area contributed by atoms with E-state index in [4.69, 9.17) is 23.2 Å². The molecular weight excluding hydrogens is 653 g/mol. The Hall–Kier alpha value is -3.88. The molecule has 12 nitrogen and oxygen atoms in total. The molecule has 6 rings (SSSR count). The predicted octanol–water partition coefficient (Wildman–Crippen LogP) is 3.93. The van der Waals surface area contributed by atoms with Gasteiger partial charge in [0.05, 0.1) is 18.0 Å². The number of aliphatic hydroxyl groups excluding tert-OH is 1. The quantitative estimate of drug-likeness (QED) is 0.269. The van der Waals surface area contributed by atoms with Gasteiger partial charge < -0.3 is 10.4 Å². The molecule has 2 amide bonds. The SMILES string of the molecule is C[C@@H](O)CNC(=O)[C@@H]1CCCN1S(=O)(=O)c1cnc2n1[C@](C)(Cc1ccc(-c3cncnc3)cc1)C(=O)N2c1cc(Cl)cc(Cl)c1. The second-order valence-electron chi connectivity index (χ2n) is 11.6. The molecule has 2 N–H and O–H groups in total. The fourth-order valence-corrected chi connectivity index (χ4v) is 8.41. The normalized spacial score (nSPS) is 20.6. The average molecular weight is 685 g/mol. The van der Waals surface area contributed by atoms with Gasteiger partial charge in [-0.1, -0.05) is 47.5 Å². The van der Waals surface area contributed by atoms with Crippen LogP contribution in [0.1, 0.15) is 32.3 Å². The van der Waals surface area contributed by atoms with Crippen LogP contribution in [-0.4, -0.2) is 74.4 Å². The molecule has 3 atom stereocenters. The van der Waals surface area contributed by atoms with Gasteiger partial charge >= 0.3 is 0 Å².